The van der Waals surface area contributed by atoms with Gasteiger partial charge < -0.3 is 4.74 Å². The number of benzene rings is 2. The summed E-state index contributed by atoms with van der Waals surface area (Å²) in [6, 6.07) is 18.1. The molecule has 0 N–H and O–H groups in total. The van der Waals surface area contributed by atoms with Crippen molar-refractivity contribution in [2.24, 2.45) is 0 Å². The quantitative estimate of drug-likeness (QED) is 0.443. The molecule has 0 saturated carbocycles. The largest absolute Gasteiger partial charge is 0.465 e. The summed E-state index contributed by atoms with van der Waals surface area (Å²) in [5, 5.41) is 0.551. The van der Waals surface area contributed by atoms with Gasteiger partial charge in [0.2, 0.25) is 0 Å². The Hall–Kier alpha value is -3.58. The zero-order valence-corrected chi connectivity index (χ0v) is 17.3. The second kappa shape index (κ2) is 8.42. The Labute approximate surface area is 177 Å². The Morgan fingerprint density at radius 2 is 1.77 bits per heavy atom. The molecule has 30 heavy (non-hydrogen) atoms. The predicted molar refractivity (Wildman–Crippen MR) is 117 cm³/mol. The first-order valence-corrected chi connectivity index (χ1v) is 10.2. The number of esters is 1. The molecule has 0 radical (unpaired) electrons. The fourth-order valence-corrected chi connectivity index (χ4v) is 4.21. The van der Waals surface area contributed by atoms with E-state index >= 15 is 0 Å². The molecule has 6 nitrogen and oxygen atoms in total. The maximum atomic E-state index is 13.6. The van der Waals surface area contributed by atoms with E-state index in [0.29, 0.717) is 5.13 Å². The summed E-state index contributed by atoms with van der Waals surface area (Å²) in [5.74, 6) is -0.893. The van der Waals surface area contributed by atoms with Crippen LogP contribution in [-0.2, 0) is 11.3 Å². The van der Waals surface area contributed by atoms with Gasteiger partial charge in [0.05, 0.1) is 40.7 Å². The van der Waals surface area contributed by atoms with Gasteiger partial charge >= 0.3 is 5.97 Å². The molecule has 0 atom stereocenters. The first-order valence-electron chi connectivity index (χ1n) is 9.33. The van der Waals surface area contributed by atoms with Crippen molar-refractivity contribution < 1.29 is 14.3 Å². The summed E-state index contributed by atoms with van der Waals surface area (Å²) >= 11 is 1.43. The number of carbonyl (C=O) groups is 2. The van der Waals surface area contributed by atoms with Crippen molar-refractivity contribution in [2.75, 3.05) is 12.0 Å². The number of hydrogen-bond donors (Lipinski definition) is 0. The first kappa shape index (κ1) is 19.7. The molecule has 150 valence electrons. The Morgan fingerprint density at radius 3 is 2.47 bits per heavy atom. The van der Waals surface area contributed by atoms with Crippen molar-refractivity contribution >= 4 is 38.6 Å². The zero-order chi connectivity index (χ0) is 21.1. The number of aryl methyl sites for hydroxylation is 1. The molecule has 0 fully saturated rings. The van der Waals surface area contributed by atoms with Gasteiger partial charge in [-0.15, -0.1) is 0 Å². The number of amides is 1. The Balaban J connectivity index is 1.82. The molecule has 4 rings (SSSR count). The van der Waals surface area contributed by atoms with Gasteiger partial charge in [0.1, 0.15) is 0 Å². The van der Waals surface area contributed by atoms with Crippen molar-refractivity contribution in [3.63, 3.8) is 0 Å². The topological polar surface area (TPSA) is 72.4 Å². The molecule has 2 aromatic carbocycles. The van der Waals surface area contributed by atoms with E-state index < -0.39 is 5.97 Å². The van der Waals surface area contributed by atoms with Crippen LogP contribution in [0.2, 0.25) is 0 Å². The van der Waals surface area contributed by atoms with Gasteiger partial charge in [-0.2, -0.15) is 0 Å². The third kappa shape index (κ3) is 3.79. The van der Waals surface area contributed by atoms with Crippen LogP contribution in [0.1, 0.15) is 32.0 Å². The molecular weight excluding hydrogens is 398 g/mol. The number of methoxy groups -OCH3 is 1. The van der Waals surface area contributed by atoms with Gasteiger partial charge in [0, 0.05) is 6.20 Å². The summed E-state index contributed by atoms with van der Waals surface area (Å²) in [6.45, 7) is 2.22. The normalized spacial score (nSPS) is 10.7. The molecule has 0 aliphatic carbocycles. The highest BCUT2D eigenvalue weighted by molar-refractivity contribution is 7.22. The Kier molecular flexibility index (Phi) is 5.54. The number of anilines is 1. The number of ether oxygens (including phenoxy) is 1. The number of pyridine rings is 1. The minimum absolute atomic E-state index is 0.216. The van der Waals surface area contributed by atoms with E-state index in [1.165, 1.54) is 18.4 Å². The third-order valence-corrected chi connectivity index (χ3v) is 5.74. The van der Waals surface area contributed by atoms with Gasteiger partial charge in [-0.25, -0.2) is 9.78 Å². The SMILES string of the molecule is COC(=O)c1ccccc1C(=O)N(Cc1ccccn1)c1nc2c(C)cccc2s1. The van der Waals surface area contributed by atoms with Crippen LogP contribution in [0.5, 0.6) is 0 Å². The van der Waals surface area contributed by atoms with E-state index in [1.807, 2.05) is 43.3 Å². The number of thiazole rings is 1. The highest BCUT2D eigenvalue weighted by Crippen LogP contribution is 2.32. The molecular formula is C23H19N3O3S. The number of rotatable bonds is 5. The molecule has 2 aromatic heterocycles. The van der Waals surface area contributed by atoms with E-state index in [0.717, 1.165) is 21.5 Å². The lowest BCUT2D eigenvalue weighted by atomic mass is 10.1. The van der Waals surface area contributed by atoms with Crippen LogP contribution in [0.15, 0.2) is 66.9 Å². The minimum Gasteiger partial charge on any atom is -0.465 e. The van der Waals surface area contributed by atoms with Crippen molar-refractivity contribution in [2.45, 2.75) is 13.5 Å². The molecule has 2 heterocycles. The van der Waals surface area contributed by atoms with Crippen molar-refractivity contribution in [3.8, 4) is 0 Å². The lowest BCUT2D eigenvalue weighted by molar-refractivity contribution is 0.0597. The summed E-state index contributed by atoms with van der Waals surface area (Å²) in [6.07, 6.45) is 1.68. The van der Waals surface area contributed by atoms with Gasteiger partial charge in [-0.3, -0.25) is 14.7 Å². The summed E-state index contributed by atoms with van der Waals surface area (Å²) < 4.78 is 5.85. The lowest BCUT2D eigenvalue weighted by Gasteiger charge is -2.20. The van der Waals surface area contributed by atoms with Crippen LogP contribution in [0.3, 0.4) is 0 Å². The molecule has 1 amide bonds. The Morgan fingerprint density at radius 1 is 1.00 bits per heavy atom. The second-order valence-electron chi connectivity index (χ2n) is 6.67. The third-order valence-electron chi connectivity index (χ3n) is 4.69. The van der Waals surface area contributed by atoms with Gasteiger partial charge in [0.15, 0.2) is 5.13 Å². The van der Waals surface area contributed by atoms with Crippen molar-refractivity contribution in [1.82, 2.24) is 9.97 Å². The minimum atomic E-state index is -0.558. The number of hydrogen-bond acceptors (Lipinski definition) is 6. The summed E-state index contributed by atoms with van der Waals surface area (Å²) in [5.41, 5.74) is 3.09. The van der Waals surface area contributed by atoms with Gasteiger partial charge in [-0.1, -0.05) is 41.7 Å². The van der Waals surface area contributed by atoms with E-state index in [9.17, 15) is 9.59 Å². The molecule has 0 aliphatic rings. The van der Waals surface area contributed by atoms with E-state index in [4.69, 9.17) is 9.72 Å². The average Bonchev–Trinajstić information content (AvgIpc) is 3.22. The maximum absolute atomic E-state index is 13.6. The van der Waals surface area contributed by atoms with E-state index in [-0.39, 0.29) is 23.6 Å². The number of nitrogens with zero attached hydrogens (tertiary/aromatic N) is 3. The molecule has 0 bridgehead atoms. The fourth-order valence-electron chi connectivity index (χ4n) is 3.17. The molecule has 0 aliphatic heterocycles. The van der Waals surface area contributed by atoms with E-state index in [2.05, 4.69) is 4.98 Å². The predicted octanol–water partition coefficient (Wildman–Crippen LogP) is 4.63. The van der Waals surface area contributed by atoms with Crippen LogP contribution in [0, 0.1) is 6.92 Å². The highest BCUT2D eigenvalue weighted by atomic mass is 32.1. The monoisotopic (exact) mass is 417 g/mol. The van der Waals surface area contributed by atoms with Crippen LogP contribution in [0.4, 0.5) is 5.13 Å². The van der Waals surface area contributed by atoms with Crippen molar-refractivity contribution in [3.05, 3.63) is 89.2 Å². The maximum Gasteiger partial charge on any atom is 0.338 e. The van der Waals surface area contributed by atoms with E-state index in [1.54, 1.807) is 35.4 Å². The number of carbonyl (C=O) groups excluding carboxylic acids is 2. The van der Waals surface area contributed by atoms with Crippen LogP contribution >= 0.6 is 11.3 Å². The average molecular weight is 417 g/mol. The smallest absolute Gasteiger partial charge is 0.338 e. The molecule has 0 spiro atoms. The second-order valence-corrected chi connectivity index (χ2v) is 7.68. The summed E-state index contributed by atoms with van der Waals surface area (Å²) in [4.78, 5) is 36.5. The van der Waals surface area contributed by atoms with Crippen LogP contribution in [0.25, 0.3) is 10.2 Å². The zero-order valence-electron chi connectivity index (χ0n) is 16.5. The molecule has 4 aromatic rings. The summed E-state index contributed by atoms with van der Waals surface area (Å²) in [7, 11) is 1.30. The van der Waals surface area contributed by atoms with Crippen molar-refractivity contribution in [1.29, 1.82) is 0 Å². The number of para-hydroxylation sites is 1. The van der Waals surface area contributed by atoms with Gasteiger partial charge in [0.25, 0.3) is 5.91 Å². The highest BCUT2D eigenvalue weighted by Gasteiger charge is 2.26. The standard InChI is InChI=1S/C23H19N3O3S/c1-15-8-7-12-19-20(15)25-23(30-19)26(14-16-9-5-6-13-24-16)21(27)17-10-3-4-11-18(17)22(28)29-2/h3-13H,14H2,1-2H3. The Bertz CT molecular complexity index is 1220. The molecule has 7 heteroatoms. The number of aromatic nitrogens is 2. The number of fused-ring (bicyclic) bond motifs is 1. The van der Waals surface area contributed by atoms with Crippen LogP contribution < -0.4 is 4.90 Å². The van der Waals surface area contributed by atoms with Gasteiger partial charge in [-0.05, 0) is 42.8 Å². The molecule has 0 unspecified atom stereocenters. The van der Waals surface area contributed by atoms with Crippen LogP contribution in [-0.4, -0.2) is 29.0 Å². The lowest BCUT2D eigenvalue weighted by Crippen LogP contribution is -2.32. The fraction of sp³-hybridized carbons (Fsp3) is 0.130. The molecule has 0 saturated heterocycles. The first-order chi connectivity index (χ1) is 14.6.